The Kier molecular flexibility index (Phi) is 7.28. The number of ether oxygens (including phenoxy) is 1. The van der Waals surface area contributed by atoms with E-state index in [1.165, 1.54) is 0 Å². The SMILES string of the molecule is [2H]c1c([2H])c([2H])c(-c2ccc3c(c2)N(c2c(-c4ccccc4)cc(C(C)(C)C)cc2-c2ccccc2)c2cc(-c4c([2H])c([2H])c([2H])c([2H])c4[2H])cc4c2B3c2cc(-c3cccc5c3C(c3c([2H])c([2H])c([2H])c([2H])c3[2H])(c3c([2H])c([2H])c([2H])c([2H])c3[2H])c3ccccc3-5)ccc2O4)c([2H])c1[2H]. The summed E-state index contributed by atoms with van der Waals surface area (Å²) in [6.07, 6.45) is 0. The van der Waals surface area contributed by atoms with Crippen molar-refractivity contribution in [3.05, 3.63) is 312 Å². The summed E-state index contributed by atoms with van der Waals surface area (Å²) in [4.78, 5) is 2.04. The van der Waals surface area contributed by atoms with Crippen LogP contribution in [0.3, 0.4) is 0 Å². The van der Waals surface area contributed by atoms with Gasteiger partial charge < -0.3 is 9.64 Å². The Hall–Kier alpha value is -9.70. The van der Waals surface area contributed by atoms with E-state index in [-0.39, 0.29) is 44.7 Å². The lowest BCUT2D eigenvalue weighted by Gasteiger charge is -2.42. The van der Waals surface area contributed by atoms with Gasteiger partial charge in [-0.1, -0.05) is 269 Å². The molecule has 3 heteroatoms. The number of fused-ring (bicyclic) bond motifs is 7. The Bertz CT molecular complexity index is 5360. The van der Waals surface area contributed by atoms with Crippen LogP contribution in [0.5, 0.6) is 11.5 Å². The minimum absolute atomic E-state index is 0.0851. The van der Waals surface area contributed by atoms with Crippen LogP contribution in [0, 0.1) is 0 Å². The van der Waals surface area contributed by atoms with E-state index in [1.807, 2.05) is 77.7 Å². The molecule has 378 valence electrons. The number of anilines is 3. The molecule has 0 radical (unpaired) electrons. The molecular weight excluding hydrogens is 966 g/mol. The normalized spacial score (nSPS) is 16.8. The van der Waals surface area contributed by atoms with Gasteiger partial charge in [0.05, 0.1) is 38.5 Å². The molecule has 15 rings (SSSR count). The number of rotatable bonds is 8. The van der Waals surface area contributed by atoms with Gasteiger partial charge in [0, 0.05) is 22.5 Å². The molecule has 80 heavy (non-hydrogen) atoms. The molecule has 2 heterocycles. The summed E-state index contributed by atoms with van der Waals surface area (Å²) in [5, 5.41) is 0. The third-order valence-corrected chi connectivity index (χ3v) is 15.8. The summed E-state index contributed by atoms with van der Waals surface area (Å²) >= 11 is 0. The molecular formula is C77H56BNO. The summed E-state index contributed by atoms with van der Waals surface area (Å²) in [5.74, 6) is 0.531. The molecule has 0 unspecified atom stereocenters. The van der Waals surface area contributed by atoms with Crippen molar-refractivity contribution in [1.82, 2.24) is 0 Å². The highest BCUT2D eigenvalue weighted by atomic mass is 16.5. The largest absolute Gasteiger partial charge is 0.458 e. The maximum Gasteiger partial charge on any atom is 0.256 e. The third kappa shape index (κ3) is 7.49. The molecule has 0 N–H and O–H groups in total. The first-order chi connectivity index (χ1) is 47.6. The predicted molar refractivity (Wildman–Crippen MR) is 335 cm³/mol. The Morgan fingerprint density at radius 3 is 1.56 bits per heavy atom. The molecule has 0 atom stereocenters. The van der Waals surface area contributed by atoms with Crippen LogP contribution < -0.4 is 26.0 Å². The van der Waals surface area contributed by atoms with Gasteiger partial charge in [0.2, 0.25) is 0 Å². The Balaban J connectivity index is 1.10. The van der Waals surface area contributed by atoms with Crippen molar-refractivity contribution in [1.29, 1.82) is 0 Å². The molecule has 0 saturated heterocycles. The summed E-state index contributed by atoms with van der Waals surface area (Å²) in [7, 11) is 0. The fraction of sp³-hybridized carbons (Fsp3) is 0.0649. The fourth-order valence-corrected chi connectivity index (χ4v) is 12.3. The first-order valence-electron chi connectivity index (χ1n) is 36.4. The van der Waals surface area contributed by atoms with Crippen LogP contribution in [0.1, 0.15) is 76.0 Å². The summed E-state index contributed by atoms with van der Waals surface area (Å²) < 4.78 is 192. The quantitative estimate of drug-likeness (QED) is 0.141. The summed E-state index contributed by atoms with van der Waals surface area (Å²) in [5.41, 5.74) is 6.42. The van der Waals surface area contributed by atoms with Gasteiger partial charge in [0.1, 0.15) is 11.5 Å². The lowest BCUT2D eigenvalue weighted by Crippen LogP contribution is -2.59. The number of hydrogen-bond donors (Lipinski definition) is 0. The van der Waals surface area contributed by atoms with Crippen molar-refractivity contribution < 1.29 is 32.2 Å². The van der Waals surface area contributed by atoms with E-state index in [4.69, 9.17) is 15.7 Å². The van der Waals surface area contributed by atoms with Gasteiger partial charge in [-0.2, -0.15) is 0 Å². The molecule has 3 aliphatic rings. The van der Waals surface area contributed by atoms with E-state index in [0.29, 0.717) is 67.0 Å². The number of benzene rings is 12. The summed E-state index contributed by atoms with van der Waals surface area (Å²) in [6.45, 7) is 5.47. The van der Waals surface area contributed by atoms with Crippen LogP contribution >= 0.6 is 0 Å². The maximum atomic E-state index is 9.81. The van der Waals surface area contributed by atoms with Crippen molar-refractivity contribution in [2.24, 2.45) is 0 Å². The van der Waals surface area contributed by atoms with Crippen LogP contribution in [0.25, 0.3) is 66.8 Å². The molecule has 2 aliphatic heterocycles. The maximum absolute atomic E-state index is 9.81. The Labute approximate surface area is 498 Å². The van der Waals surface area contributed by atoms with Gasteiger partial charge >= 0.3 is 0 Å². The van der Waals surface area contributed by atoms with Crippen molar-refractivity contribution in [3.63, 3.8) is 0 Å². The first-order valence-corrected chi connectivity index (χ1v) is 26.4. The Morgan fingerprint density at radius 1 is 0.400 bits per heavy atom. The molecule has 0 aromatic heterocycles. The lowest BCUT2D eigenvalue weighted by atomic mass is 9.34. The highest BCUT2D eigenvalue weighted by Crippen LogP contribution is 2.59. The molecule has 0 spiro atoms. The molecule has 0 fully saturated rings. The Morgan fingerprint density at radius 2 is 0.938 bits per heavy atom. The second-order valence-corrected chi connectivity index (χ2v) is 21.2. The molecule has 0 saturated carbocycles. The van der Waals surface area contributed by atoms with Gasteiger partial charge in [-0.3, -0.25) is 0 Å². The van der Waals surface area contributed by atoms with Crippen molar-refractivity contribution in [2.75, 3.05) is 4.90 Å². The minimum Gasteiger partial charge on any atom is -0.458 e. The van der Waals surface area contributed by atoms with Crippen LogP contribution in [-0.4, -0.2) is 6.71 Å². The van der Waals surface area contributed by atoms with E-state index in [0.717, 1.165) is 27.8 Å². The van der Waals surface area contributed by atoms with Crippen LogP contribution in [0.4, 0.5) is 17.1 Å². The molecule has 1 aliphatic carbocycles. The summed E-state index contributed by atoms with van der Waals surface area (Å²) in [6, 6.07) is 38.1. The molecule has 0 amide bonds. The molecule has 12 aromatic carbocycles. The average Bonchev–Trinajstić information content (AvgIpc) is 1.52. The lowest BCUT2D eigenvalue weighted by molar-refractivity contribution is 0.488. The van der Waals surface area contributed by atoms with Gasteiger partial charge in [0.25, 0.3) is 6.71 Å². The smallest absolute Gasteiger partial charge is 0.256 e. The van der Waals surface area contributed by atoms with Gasteiger partial charge in [-0.25, -0.2) is 0 Å². The highest BCUT2D eigenvalue weighted by Gasteiger charge is 2.48. The standard InChI is InChI=1S/C77H56BNO/c1-76(2,3)60-49-64(53-29-14-6-15-30-53)75(65(50-60)54-31-16-7-17-32-54)79-69-46-55(51-25-10-4-11-26-51)41-43-67(69)78-68-45-56(42-44-71(68)80-72-48-57(47-70(79)74(72)78)52-27-12-5-13-28-52)61-38-24-39-63-62-37-22-23-40-66(62)77(73(61)63,58-33-18-8-19-34-58)59-35-20-9-21-36-59/h4-50H,1-3H3/i4D,5D,8D,9D,10D,11D,12D,13D,18D,19D,20D,21D,25D,26D,27D,28D,33D,34D,35D,36D. The zero-order valence-electron chi connectivity index (χ0n) is 63.5. The zero-order valence-corrected chi connectivity index (χ0v) is 43.5. The van der Waals surface area contributed by atoms with Crippen LogP contribution in [0.15, 0.2) is 285 Å². The second-order valence-electron chi connectivity index (χ2n) is 21.2. The minimum atomic E-state index is -2.22. The average molecular weight is 1040 g/mol. The first kappa shape index (κ1) is 31.0. The van der Waals surface area contributed by atoms with Gasteiger partial charge in [-0.05, 0) is 142 Å². The van der Waals surface area contributed by atoms with Crippen LogP contribution in [0.2, 0.25) is 0 Å². The monoisotopic (exact) mass is 1040 g/mol. The highest BCUT2D eigenvalue weighted by molar-refractivity contribution is 6.99. The van der Waals surface area contributed by atoms with Crippen molar-refractivity contribution in [2.45, 2.75) is 31.6 Å². The fourth-order valence-electron chi connectivity index (χ4n) is 12.3. The van der Waals surface area contributed by atoms with Gasteiger partial charge in [-0.15, -0.1) is 0 Å². The van der Waals surface area contributed by atoms with Crippen LogP contribution in [-0.2, 0) is 10.8 Å². The topological polar surface area (TPSA) is 12.5 Å². The van der Waals surface area contributed by atoms with E-state index >= 15 is 0 Å². The van der Waals surface area contributed by atoms with E-state index in [1.54, 1.807) is 78.9 Å². The number of hydrogen-bond acceptors (Lipinski definition) is 2. The van der Waals surface area contributed by atoms with Crippen molar-refractivity contribution in [3.8, 4) is 78.3 Å². The second kappa shape index (κ2) is 18.8. The third-order valence-electron chi connectivity index (χ3n) is 15.8. The molecule has 2 nitrogen and oxygen atoms in total. The van der Waals surface area contributed by atoms with Crippen molar-refractivity contribution >= 4 is 40.2 Å². The van der Waals surface area contributed by atoms with E-state index in [2.05, 4.69) is 32.9 Å². The number of nitrogens with zero attached hydrogens (tertiary/aromatic N) is 1. The molecule has 0 bridgehead atoms. The van der Waals surface area contributed by atoms with Gasteiger partial charge in [0.15, 0.2) is 0 Å². The van der Waals surface area contributed by atoms with E-state index < -0.39 is 138 Å². The zero-order chi connectivity index (χ0) is 70.9. The van der Waals surface area contributed by atoms with E-state index in [9.17, 15) is 16.4 Å². The predicted octanol–water partition coefficient (Wildman–Crippen LogP) is 18.1. The molecule has 12 aromatic rings.